The molecular formula is C16H20N2O2. The Morgan fingerprint density at radius 1 is 1.35 bits per heavy atom. The first kappa shape index (κ1) is 14.3. The number of furan rings is 1. The highest BCUT2D eigenvalue weighted by Crippen LogP contribution is 2.09. The summed E-state index contributed by atoms with van der Waals surface area (Å²) >= 11 is 0. The number of rotatable bonds is 6. The molecule has 0 aliphatic heterocycles. The molecule has 1 amide bonds. The van der Waals surface area contributed by atoms with Crippen LogP contribution in [0, 0.1) is 0 Å². The van der Waals surface area contributed by atoms with Crippen LogP contribution < -0.4 is 11.1 Å². The first-order valence-corrected chi connectivity index (χ1v) is 6.81. The lowest BCUT2D eigenvalue weighted by Crippen LogP contribution is -2.32. The van der Waals surface area contributed by atoms with Gasteiger partial charge in [0.2, 0.25) is 0 Å². The first-order chi connectivity index (χ1) is 9.69. The zero-order valence-corrected chi connectivity index (χ0v) is 11.6. The molecule has 0 fully saturated rings. The fourth-order valence-corrected chi connectivity index (χ4v) is 2.01. The number of aryl methyl sites for hydroxylation is 1. The SMILES string of the molecule is CC(CCc1ccccc1)NC(=O)c1coc(CN)c1. The van der Waals surface area contributed by atoms with E-state index >= 15 is 0 Å². The molecule has 0 bridgehead atoms. The van der Waals surface area contributed by atoms with Crippen LogP contribution in [0.25, 0.3) is 0 Å². The van der Waals surface area contributed by atoms with Crippen molar-refractivity contribution in [1.82, 2.24) is 5.32 Å². The molecule has 0 spiro atoms. The summed E-state index contributed by atoms with van der Waals surface area (Å²) < 4.78 is 5.16. The fraction of sp³-hybridized carbons (Fsp3) is 0.312. The fourth-order valence-electron chi connectivity index (χ4n) is 2.01. The third-order valence-electron chi connectivity index (χ3n) is 3.20. The number of nitrogens with two attached hydrogens (primary N) is 1. The van der Waals surface area contributed by atoms with Crippen LogP contribution in [0.1, 0.15) is 35.0 Å². The Kier molecular flexibility index (Phi) is 4.96. The average Bonchev–Trinajstić information content (AvgIpc) is 2.95. The van der Waals surface area contributed by atoms with Crippen molar-refractivity contribution in [1.29, 1.82) is 0 Å². The number of hydrogen-bond acceptors (Lipinski definition) is 3. The van der Waals surface area contributed by atoms with Gasteiger partial charge in [0.25, 0.3) is 5.91 Å². The predicted octanol–water partition coefficient (Wildman–Crippen LogP) is 2.49. The quantitative estimate of drug-likeness (QED) is 0.849. The summed E-state index contributed by atoms with van der Waals surface area (Å²) in [6, 6.07) is 12.0. The smallest absolute Gasteiger partial charge is 0.254 e. The van der Waals surface area contributed by atoms with Crippen molar-refractivity contribution in [3.05, 3.63) is 59.5 Å². The second-order valence-corrected chi connectivity index (χ2v) is 4.90. The first-order valence-electron chi connectivity index (χ1n) is 6.81. The minimum atomic E-state index is -0.117. The Bertz CT molecular complexity index is 549. The van der Waals surface area contributed by atoms with E-state index in [4.69, 9.17) is 10.2 Å². The van der Waals surface area contributed by atoms with Gasteiger partial charge in [0.1, 0.15) is 12.0 Å². The molecule has 20 heavy (non-hydrogen) atoms. The second-order valence-electron chi connectivity index (χ2n) is 4.90. The molecule has 1 unspecified atom stereocenters. The van der Waals surface area contributed by atoms with E-state index in [-0.39, 0.29) is 11.9 Å². The van der Waals surface area contributed by atoms with Crippen molar-refractivity contribution in [2.75, 3.05) is 0 Å². The molecule has 0 saturated carbocycles. The van der Waals surface area contributed by atoms with Crippen LogP contribution >= 0.6 is 0 Å². The van der Waals surface area contributed by atoms with E-state index in [0.717, 1.165) is 12.8 Å². The maximum atomic E-state index is 12.0. The summed E-state index contributed by atoms with van der Waals surface area (Å²) in [7, 11) is 0. The number of amides is 1. The van der Waals surface area contributed by atoms with Gasteiger partial charge in [-0.3, -0.25) is 4.79 Å². The molecule has 1 aromatic heterocycles. The maximum Gasteiger partial charge on any atom is 0.254 e. The summed E-state index contributed by atoms with van der Waals surface area (Å²) in [5.41, 5.74) is 7.26. The van der Waals surface area contributed by atoms with Crippen LogP contribution in [-0.4, -0.2) is 11.9 Å². The van der Waals surface area contributed by atoms with Crippen LogP contribution in [-0.2, 0) is 13.0 Å². The molecule has 0 saturated heterocycles. The Labute approximate surface area is 119 Å². The summed E-state index contributed by atoms with van der Waals surface area (Å²) in [4.78, 5) is 12.0. The van der Waals surface area contributed by atoms with Gasteiger partial charge >= 0.3 is 0 Å². The zero-order chi connectivity index (χ0) is 14.4. The minimum absolute atomic E-state index is 0.110. The summed E-state index contributed by atoms with van der Waals surface area (Å²) in [6.07, 6.45) is 3.29. The predicted molar refractivity (Wildman–Crippen MR) is 78.3 cm³/mol. The van der Waals surface area contributed by atoms with Gasteiger partial charge in [0.05, 0.1) is 12.1 Å². The third-order valence-corrected chi connectivity index (χ3v) is 3.20. The number of carbonyl (C=O) groups is 1. The van der Waals surface area contributed by atoms with E-state index in [2.05, 4.69) is 17.4 Å². The number of nitrogens with one attached hydrogen (secondary N) is 1. The molecule has 106 valence electrons. The molecule has 0 aliphatic carbocycles. The molecule has 2 aromatic rings. The zero-order valence-electron chi connectivity index (χ0n) is 11.6. The maximum absolute atomic E-state index is 12.0. The summed E-state index contributed by atoms with van der Waals surface area (Å²) in [5, 5.41) is 2.96. The minimum Gasteiger partial charge on any atom is -0.467 e. The molecule has 4 nitrogen and oxygen atoms in total. The number of hydrogen-bond donors (Lipinski definition) is 2. The standard InChI is InChI=1S/C16H20N2O2/c1-12(7-8-13-5-3-2-4-6-13)18-16(19)14-9-15(10-17)20-11-14/h2-6,9,11-12H,7-8,10,17H2,1H3,(H,18,19). The third kappa shape index (κ3) is 3.96. The highest BCUT2D eigenvalue weighted by atomic mass is 16.3. The van der Waals surface area contributed by atoms with Crippen LogP contribution in [0.2, 0.25) is 0 Å². The van der Waals surface area contributed by atoms with Gasteiger partial charge in [-0.05, 0) is 31.4 Å². The van der Waals surface area contributed by atoms with Gasteiger partial charge in [-0.1, -0.05) is 30.3 Å². The largest absolute Gasteiger partial charge is 0.467 e. The van der Waals surface area contributed by atoms with E-state index in [1.807, 2.05) is 25.1 Å². The lowest BCUT2D eigenvalue weighted by molar-refractivity contribution is 0.0938. The van der Waals surface area contributed by atoms with E-state index < -0.39 is 0 Å². The normalized spacial score (nSPS) is 12.1. The molecule has 1 heterocycles. The lowest BCUT2D eigenvalue weighted by atomic mass is 10.1. The van der Waals surface area contributed by atoms with Crippen LogP contribution in [0.5, 0.6) is 0 Å². The Morgan fingerprint density at radius 2 is 2.10 bits per heavy atom. The molecule has 2 rings (SSSR count). The Hall–Kier alpha value is -2.07. The highest BCUT2D eigenvalue weighted by Gasteiger charge is 2.12. The van der Waals surface area contributed by atoms with Crippen LogP contribution in [0.15, 0.2) is 47.1 Å². The molecule has 0 radical (unpaired) electrons. The average molecular weight is 272 g/mol. The number of benzene rings is 1. The van der Waals surface area contributed by atoms with Gasteiger partial charge in [-0.15, -0.1) is 0 Å². The van der Waals surface area contributed by atoms with E-state index in [1.165, 1.54) is 11.8 Å². The van der Waals surface area contributed by atoms with E-state index in [0.29, 0.717) is 17.9 Å². The molecule has 1 atom stereocenters. The van der Waals surface area contributed by atoms with Crippen molar-refractivity contribution in [2.24, 2.45) is 5.73 Å². The van der Waals surface area contributed by atoms with Crippen molar-refractivity contribution in [3.8, 4) is 0 Å². The van der Waals surface area contributed by atoms with Gasteiger partial charge in [-0.25, -0.2) is 0 Å². The highest BCUT2D eigenvalue weighted by molar-refractivity contribution is 5.94. The van der Waals surface area contributed by atoms with Crippen LogP contribution in [0.3, 0.4) is 0 Å². The Morgan fingerprint density at radius 3 is 2.75 bits per heavy atom. The van der Waals surface area contributed by atoms with E-state index in [1.54, 1.807) is 6.07 Å². The monoisotopic (exact) mass is 272 g/mol. The van der Waals surface area contributed by atoms with Crippen molar-refractivity contribution < 1.29 is 9.21 Å². The van der Waals surface area contributed by atoms with Gasteiger partial charge in [-0.2, -0.15) is 0 Å². The lowest BCUT2D eigenvalue weighted by Gasteiger charge is -2.13. The molecule has 1 aromatic carbocycles. The van der Waals surface area contributed by atoms with Gasteiger partial charge < -0.3 is 15.5 Å². The van der Waals surface area contributed by atoms with Crippen molar-refractivity contribution in [3.63, 3.8) is 0 Å². The second kappa shape index (κ2) is 6.91. The van der Waals surface area contributed by atoms with Crippen molar-refractivity contribution >= 4 is 5.91 Å². The topological polar surface area (TPSA) is 68.3 Å². The van der Waals surface area contributed by atoms with E-state index in [9.17, 15) is 4.79 Å². The molecular weight excluding hydrogens is 252 g/mol. The van der Waals surface area contributed by atoms with Crippen LogP contribution in [0.4, 0.5) is 0 Å². The Balaban J connectivity index is 1.82. The van der Waals surface area contributed by atoms with Crippen molar-refractivity contribution in [2.45, 2.75) is 32.4 Å². The molecule has 0 aliphatic rings. The molecule has 4 heteroatoms. The summed E-state index contributed by atoms with van der Waals surface area (Å²) in [6.45, 7) is 2.31. The van der Waals surface area contributed by atoms with Gasteiger partial charge in [0.15, 0.2) is 0 Å². The van der Waals surface area contributed by atoms with Gasteiger partial charge in [0, 0.05) is 6.04 Å². The summed E-state index contributed by atoms with van der Waals surface area (Å²) in [5.74, 6) is 0.501. The molecule has 3 N–H and O–H groups in total. The number of carbonyl (C=O) groups excluding carboxylic acids is 1.